The van der Waals surface area contributed by atoms with E-state index in [1.54, 1.807) is 6.08 Å². The van der Waals surface area contributed by atoms with Gasteiger partial charge in [0.05, 0.1) is 5.52 Å². The van der Waals surface area contributed by atoms with Gasteiger partial charge in [-0.2, -0.15) is 5.10 Å². The Morgan fingerprint density at radius 2 is 1.84 bits per heavy atom. The van der Waals surface area contributed by atoms with Crippen molar-refractivity contribution >= 4 is 51.7 Å². The number of rotatable bonds is 6. The van der Waals surface area contributed by atoms with E-state index in [1.807, 2.05) is 48.5 Å². The maximum absolute atomic E-state index is 13.0. The third-order valence-corrected chi connectivity index (χ3v) is 7.69. The molecular weight excluding hydrogens is 480 g/mol. The van der Waals surface area contributed by atoms with E-state index in [4.69, 9.17) is 11.6 Å². The summed E-state index contributed by atoms with van der Waals surface area (Å²) in [4.78, 5) is 13.0. The third kappa shape index (κ3) is 5.89. The Kier molecular flexibility index (Phi) is 7.61. The topological polar surface area (TPSA) is 69.8 Å². The first-order valence-electron chi connectivity index (χ1n) is 13.1. The van der Waals surface area contributed by atoms with Crippen molar-refractivity contribution in [2.45, 2.75) is 51.4 Å². The number of aromatic amines is 1. The number of benzene rings is 3. The van der Waals surface area contributed by atoms with Crippen LogP contribution in [-0.4, -0.2) is 16.1 Å². The van der Waals surface area contributed by atoms with Gasteiger partial charge in [0.2, 0.25) is 0 Å². The highest BCUT2D eigenvalue weighted by Gasteiger charge is 2.18. The number of nitrogens with zero attached hydrogens (tertiary/aromatic N) is 1. The summed E-state index contributed by atoms with van der Waals surface area (Å²) in [5.74, 6) is 1.76. The molecule has 37 heavy (non-hydrogen) atoms. The van der Waals surface area contributed by atoms with Crippen LogP contribution in [0.2, 0.25) is 5.02 Å². The van der Waals surface area contributed by atoms with Crippen LogP contribution in [0, 0.1) is 5.92 Å². The fraction of sp³-hybridized carbons (Fsp3) is 0.290. The monoisotopic (exact) mass is 512 g/mol. The molecule has 1 heterocycles. The van der Waals surface area contributed by atoms with Crippen LogP contribution in [0.4, 0.5) is 17.2 Å². The molecule has 2 atom stereocenters. The molecule has 0 radical (unpaired) electrons. The van der Waals surface area contributed by atoms with Crippen molar-refractivity contribution in [1.29, 1.82) is 0 Å². The van der Waals surface area contributed by atoms with E-state index in [0.717, 1.165) is 33.8 Å². The summed E-state index contributed by atoms with van der Waals surface area (Å²) >= 11 is 6.10. The van der Waals surface area contributed by atoms with Crippen LogP contribution in [0.1, 0.15) is 72.9 Å². The first kappa shape index (κ1) is 25.1. The largest absolute Gasteiger partial charge is 0.355 e. The second-order valence-electron chi connectivity index (χ2n) is 10.1. The van der Waals surface area contributed by atoms with Gasteiger partial charge in [0, 0.05) is 27.3 Å². The minimum absolute atomic E-state index is 0.162. The summed E-state index contributed by atoms with van der Waals surface area (Å²) in [5.41, 5.74) is 5.51. The first-order chi connectivity index (χ1) is 18.0. The number of anilines is 3. The van der Waals surface area contributed by atoms with E-state index in [2.05, 4.69) is 46.5 Å². The molecule has 1 amide bonds. The van der Waals surface area contributed by atoms with Gasteiger partial charge in [0.15, 0.2) is 5.82 Å². The van der Waals surface area contributed by atoms with E-state index in [9.17, 15) is 4.79 Å². The molecule has 5 rings (SSSR count). The Labute approximate surface area is 223 Å². The molecule has 3 aromatic carbocycles. The Balaban J connectivity index is 1.27. The van der Waals surface area contributed by atoms with Crippen molar-refractivity contribution in [3.8, 4) is 0 Å². The second kappa shape index (κ2) is 11.2. The quantitative estimate of drug-likeness (QED) is 0.241. The molecule has 0 aliphatic heterocycles. The molecule has 2 unspecified atom stereocenters. The van der Waals surface area contributed by atoms with Gasteiger partial charge in [-0.25, -0.2) is 0 Å². The van der Waals surface area contributed by atoms with Gasteiger partial charge in [-0.15, -0.1) is 0 Å². The lowest BCUT2D eigenvalue weighted by Gasteiger charge is -2.23. The molecule has 1 aromatic heterocycles. The molecule has 1 aliphatic rings. The number of halogens is 1. The molecule has 0 bridgehead atoms. The minimum atomic E-state index is -0.162. The number of hydrogen-bond acceptors (Lipinski definition) is 3. The predicted octanol–water partition coefficient (Wildman–Crippen LogP) is 8.93. The van der Waals surface area contributed by atoms with Crippen LogP contribution in [0.15, 0.2) is 67.2 Å². The van der Waals surface area contributed by atoms with Gasteiger partial charge in [-0.05, 0) is 84.3 Å². The number of fused-ring (bicyclic) bond motifs is 1. The zero-order valence-electron chi connectivity index (χ0n) is 21.2. The SMILES string of the molecule is C=Cc1cc(Cl)ccc1Nc1ccc2c(NC(=O)c3ccc(C4CCCCC(C)CC4)cc3)n[nH]c2c1. The van der Waals surface area contributed by atoms with E-state index in [-0.39, 0.29) is 5.91 Å². The highest BCUT2D eigenvalue weighted by atomic mass is 35.5. The van der Waals surface area contributed by atoms with Crippen molar-refractivity contribution in [2.24, 2.45) is 5.92 Å². The Morgan fingerprint density at radius 3 is 2.65 bits per heavy atom. The van der Waals surface area contributed by atoms with Gasteiger partial charge >= 0.3 is 0 Å². The highest BCUT2D eigenvalue weighted by Crippen LogP contribution is 2.33. The smallest absolute Gasteiger partial charge is 0.256 e. The number of amides is 1. The fourth-order valence-corrected chi connectivity index (χ4v) is 5.42. The summed E-state index contributed by atoms with van der Waals surface area (Å²) < 4.78 is 0. The van der Waals surface area contributed by atoms with Gasteiger partial charge in [-0.1, -0.05) is 69.0 Å². The zero-order valence-corrected chi connectivity index (χ0v) is 21.9. The van der Waals surface area contributed by atoms with Crippen molar-refractivity contribution in [1.82, 2.24) is 10.2 Å². The molecule has 1 saturated carbocycles. The standard InChI is InChI=1S/C31H33ClN4O/c1-3-21-18-25(32)14-17-28(21)33-26-15-16-27-29(19-26)35-36-30(27)34-31(37)24-12-10-23(11-13-24)22-7-5-4-6-20(2)8-9-22/h3,10-20,22,33H,1,4-9H2,2H3,(H2,34,35,36,37). The molecule has 0 spiro atoms. The predicted molar refractivity (Wildman–Crippen MR) is 155 cm³/mol. The van der Waals surface area contributed by atoms with Crippen molar-refractivity contribution in [3.05, 3.63) is 89.0 Å². The van der Waals surface area contributed by atoms with Crippen LogP contribution < -0.4 is 10.6 Å². The van der Waals surface area contributed by atoms with Crippen molar-refractivity contribution < 1.29 is 4.79 Å². The molecule has 4 aromatic rings. The average molecular weight is 513 g/mol. The van der Waals surface area contributed by atoms with E-state index >= 15 is 0 Å². The van der Waals surface area contributed by atoms with Crippen molar-refractivity contribution in [3.63, 3.8) is 0 Å². The molecular formula is C31H33ClN4O. The minimum Gasteiger partial charge on any atom is -0.355 e. The fourth-order valence-electron chi connectivity index (χ4n) is 5.24. The lowest BCUT2D eigenvalue weighted by Crippen LogP contribution is -2.13. The van der Waals surface area contributed by atoms with E-state index in [1.165, 1.54) is 44.1 Å². The molecule has 6 heteroatoms. The van der Waals surface area contributed by atoms with Gasteiger partial charge in [-0.3, -0.25) is 9.89 Å². The normalized spacial score (nSPS) is 18.1. The summed E-state index contributed by atoms with van der Waals surface area (Å²) in [6.07, 6.45) is 9.48. The lowest BCUT2D eigenvalue weighted by molar-refractivity contribution is 0.102. The van der Waals surface area contributed by atoms with Gasteiger partial charge in [0.25, 0.3) is 5.91 Å². The average Bonchev–Trinajstić information content (AvgIpc) is 3.29. The third-order valence-electron chi connectivity index (χ3n) is 7.46. The number of aromatic nitrogens is 2. The van der Waals surface area contributed by atoms with Crippen molar-refractivity contribution in [2.75, 3.05) is 10.6 Å². The molecule has 1 fully saturated rings. The molecule has 3 N–H and O–H groups in total. The Hall–Kier alpha value is -3.57. The van der Waals surface area contributed by atoms with Gasteiger partial charge < -0.3 is 10.6 Å². The van der Waals surface area contributed by atoms with Crippen LogP contribution in [0.5, 0.6) is 0 Å². The van der Waals surface area contributed by atoms with Crippen LogP contribution in [0.25, 0.3) is 17.0 Å². The summed E-state index contributed by atoms with van der Waals surface area (Å²) in [7, 11) is 0. The summed E-state index contributed by atoms with van der Waals surface area (Å²) in [5, 5.41) is 15.3. The lowest BCUT2D eigenvalue weighted by atomic mass is 9.82. The number of H-pyrrole nitrogens is 1. The zero-order chi connectivity index (χ0) is 25.8. The van der Waals surface area contributed by atoms with Gasteiger partial charge in [0.1, 0.15) is 0 Å². The summed E-state index contributed by atoms with van der Waals surface area (Å²) in [6, 6.07) is 19.6. The molecule has 5 nitrogen and oxygen atoms in total. The second-order valence-corrected chi connectivity index (χ2v) is 10.6. The van der Waals surface area contributed by atoms with E-state index in [0.29, 0.717) is 22.3 Å². The Bertz CT molecular complexity index is 1410. The number of carbonyl (C=O) groups is 1. The van der Waals surface area contributed by atoms with E-state index < -0.39 is 0 Å². The summed E-state index contributed by atoms with van der Waals surface area (Å²) in [6.45, 7) is 6.23. The van der Waals surface area contributed by atoms with Crippen LogP contribution in [0.3, 0.4) is 0 Å². The van der Waals surface area contributed by atoms with Crippen LogP contribution >= 0.6 is 11.6 Å². The molecule has 0 saturated heterocycles. The molecule has 190 valence electrons. The number of carbonyl (C=O) groups excluding carboxylic acids is 1. The highest BCUT2D eigenvalue weighted by molar-refractivity contribution is 6.30. The maximum Gasteiger partial charge on any atom is 0.256 e. The maximum atomic E-state index is 13.0. The molecule has 1 aliphatic carbocycles. The number of hydrogen-bond donors (Lipinski definition) is 3. The number of nitrogens with one attached hydrogen (secondary N) is 3. The Morgan fingerprint density at radius 1 is 1.03 bits per heavy atom. The first-order valence-corrected chi connectivity index (χ1v) is 13.5. The van der Waals surface area contributed by atoms with Crippen LogP contribution in [-0.2, 0) is 0 Å².